The second-order valence-electron chi connectivity index (χ2n) is 13.7. The second kappa shape index (κ2) is 42.3. The highest BCUT2D eigenvalue weighted by atomic mass is 16.6. The number of aliphatic hydroxyl groups is 1. The third kappa shape index (κ3) is 40.4. The van der Waals surface area contributed by atoms with Crippen LogP contribution < -0.4 is 0 Å². The van der Waals surface area contributed by atoms with Crippen LogP contribution in [0.1, 0.15) is 194 Å². The molecule has 0 aliphatic heterocycles. The van der Waals surface area contributed by atoms with Gasteiger partial charge in [0.05, 0.1) is 13.2 Å². The molecule has 0 aliphatic carbocycles. The Bertz CT molecular complexity index is 809. The first-order valence-corrected chi connectivity index (χ1v) is 20.9. The van der Waals surface area contributed by atoms with E-state index in [0.29, 0.717) is 13.0 Å². The van der Waals surface area contributed by atoms with E-state index >= 15 is 0 Å². The summed E-state index contributed by atoms with van der Waals surface area (Å²) >= 11 is 0. The number of aliphatic hydroxyl groups excluding tert-OH is 1. The highest BCUT2D eigenvalue weighted by molar-refractivity contribution is 5.69. The van der Waals surface area contributed by atoms with E-state index in [4.69, 9.17) is 9.47 Å². The minimum Gasteiger partial charge on any atom is -0.457 e. The summed E-state index contributed by atoms with van der Waals surface area (Å²) in [7, 11) is 0. The van der Waals surface area contributed by atoms with Gasteiger partial charge in [0.2, 0.25) is 0 Å². The summed E-state index contributed by atoms with van der Waals surface area (Å²) in [6.45, 7) is 5.20. The largest absolute Gasteiger partial charge is 0.457 e. The number of ether oxygens (including phenoxy) is 2. The van der Waals surface area contributed by atoms with Crippen LogP contribution in [0, 0.1) is 0 Å². The molecule has 49 heavy (non-hydrogen) atoms. The first-order chi connectivity index (χ1) is 24.2. The Morgan fingerprint density at radius 3 is 1.39 bits per heavy atom. The molecule has 0 heterocycles. The van der Waals surface area contributed by atoms with Gasteiger partial charge >= 0.3 is 5.97 Å². The maximum absolute atomic E-state index is 12.2. The third-order valence-electron chi connectivity index (χ3n) is 8.83. The van der Waals surface area contributed by atoms with Gasteiger partial charge in [-0.3, -0.25) is 4.79 Å². The van der Waals surface area contributed by atoms with Crippen molar-refractivity contribution in [3.8, 4) is 0 Å². The molecule has 0 aromatic carbocycles. The third-order valence-corrected chi connectivity index (χ3v) is 8.83. The molecule has 0 rings (SSSR count). The average Bonchev–Trinajstić information content (AvgIpc) is 3.11. The van der Waals surface area contributed by atoms with Gasteiger partial charge in [-0.25, -0.2) is 0 Å². The van der Waals surface area contributed by atoms with Crippen LogP contribution in [0.25, 0.3) is 0 Å². The monoisotopic (exact) mass is 685 g/mol. The van der Waals surface area contributed by atoms with E-state index in [1.54, 1.807) is 0 Å². The molecule has 0 saturated heterocycles. The van der Waals surface area contributed by atoms with Crippen LogP contribution in [-0.4, -0.2) is 37.0 Å². The molecule has 4 nitrogen and oxygen atoms in total. The minimum atomic E-state index is -0.546. The summed E-state index contributed by atoms with van der Waals surface area (Å²) in [6, 6.07) is 0. The van der Waals surface area contributed by atoms with Crippen molar-refractivity contribution in [3.63, 3.8) is 0 Å². The van der Waals surface area contributed by atoms with E-state index < -0.39 is 6.10 Å². The summed E-state index contributed by atoms with van der Waals surface area (Å²) in [6.07, 6.45) is 55.6. The topological polar surface area (TPSA) is 55.8 Å². The summed E-state index contributed by atoms with van der Waals surface area (Å²) in [4.78, 5) is 12.2. The Kier molecular flexibility index (Phi) is 40.6. The number of hydrogen-bond donors (Lipinski definition) is 1. The van der Waals surface area contributed by atoms with Gasteiger partial charge in [-0.2, -0.15) is 0 Å². The van der Waals surface area contributed by atoms with Gasteiger partial charge in [0, 0.05) is 13.0 Å². The molecule has 0 bridgehead atoms. The maximum atomic E-state index is 12.2. The molecule has 4 heteroatoms. The quantitative estimate of drug-likeness (QED) is 0.0399. The Morgan fingerprint density at radius 1 is 0.510 bits per heavy atom. The van der Waals surface area contributed by atoms with Crippen molar-refractivity contribution < 1.29 is 19.4 Å². The zero-order valence-corrected chi connectivity index (χ0v) is 32.4. The van der Waals surface area contributed by atoms with Crippen molar-refractivity contribution in [2.24, 2.45) is 0 Å². The van der Waals surface area contributed by atoms with Gasteiger partial charge in [0.1, 0.15) is 6.10 Å². The van der Waals surface area contributed by atoms with Crippen LogP contribution in [-0.2, 0) is 14.3 Å². The number of hydrogen-bond acceptors (Lipinski definition) is 4. The molecule has 0 aromatic rings. The lowest BCUT2D eigenvalue weighted by molar-refractivity contribution is -0.154. The van der Waals surface area contributed by atoms with Crippen LogP contribution in [0.4, 0.5) is 0 Å². The summed E-state index contributed by atoms with van der Waals surface area (Å²) in [5, 5.41) is 9.59. The fourth-order valence-corrected chi connectivity index (χ4v) is 5.72. The van der Waals surface area contributed by atoms with E-state index in [1.165, 1.54) is 116 Å². The Hall–Kier alpha value is -1.91. The van der Waals surface area contributed by atoms with Crippen molar-refractivity contribution in [2.45, 2.75) is 200 Å². The fraction of sp³-hybridized carbons (Fsp3) is 0.756. The van der Waals surface area contributed by atoms with Gasteiger partial charge in [-0.05, 0) is 77.0 Å². The molecule has 1 atom stereocenters. The lowest BCUT2D eigenvalue weighted by atomic mass is 10.1. The SMILES string of the molecule is CC/C=C\C/C=C\C/C=C\CCCCCCCC(=O)OC(CO)COCCCCCCCCCCCC/C=C\C/C=C\CCCCCCC. The molecule has 0 aromatic heterocycles. The Morgan fingerprint density at radius 2 is 0.918 bits per heavy atom. The molecule has 0 spiro atoms. The van der Waals surface area contributed by atoms with E-state index in [0.717, 1.165) is 57.8 Å². The van der Waals surface area contributed by atoms with Crippen molar-refractivity contribution >= 4 is 5.97 Å². The predicted octanol–water partition coefficient (Wildman–Crippen LogP) is 13.7. The van der Waals surface area contributed by atoms with Crippen LogP contribution in [0.2, 0.25) is 0 Å². The van der Waals surface area contributed by atoms with Gasteiger partial charge < -0.3 is 14.6 Å². The normalized spacial score (nSPS) is 13.0. The van der Waals surface area contributed by atoms with Gasteiger partial charge in [-0.15, -0.1) is 0 Å². The first kappa shape index (κ1) is 47.1. The van der Waals surface area contributed by atoms with Crippen molar-refractivity contribution in [1.82, 2.24) is 0 Å². The number of allylic oxidation sites excluding steroid dienone is 10. The molecular weight excluding hydrogens is 604 g/mol. The van der Waals surface area contributed by atoms with E-state index in [2.05, 4.69) is 74.6 Å². The van der Waals surface area contributed by atoms with Gasteiger partial charge in [0.15, 0.2) is 0 Å². The lowest BCUT2D eigenvalue weighted by Gasteiger charge is -2.15. The number of esters is 1. The highest BCUT2D eigenvalue weighted by Gasteiger charge is 2.13. The Labute approximate surface area is 305 Å². The molecule has 0 radical (unpaired) electrons. The van der Waals surface area contributed by atoms with Crippen LogP contribution in [0.15, 0.2) is 60.8 Å². The summed E-state index contributed by atoms with van der Waals surface area (Å²) < 4.78 is 11.1. The summed E-state index contributed by atoms with van der Waals surface area (Å²) in [5.74, 6) is -0.220. The Balaban J connectivity index is 3.46. The maximum Gasteiger partial charge on any atom is 0.306 e. The molecule has 0 saturated carbocycles. The van der Waals surface area contributed by atoms with Crippen LogP contribution >= 0.6 is 0 Å². The molecule has 0 aliphatic rings. The average molecular weight is 685 g/mol. The molecule has 0 fully saturated rings. The zero-order valence-electron chi connectivity index (χ0n) is 32.4. The number of carbonyl (C=O) groups excluding carboxylic acids is 1. The molecule has 0 amide bonds. The second-order valence-corrected chi connectivity index (χ2v) is 13.7. The van der Waals surface area contributed by atoms with E-state index in [9.17, 15) is 9.90 Å². The standard InChI is InChI=1S/C45H80O4/c1-3-5-7-9-11-13-15-17-19-20-21-22-23-24-25-27-29-31-33-35-37-39-41-48-43-44(42-46)49-45(47)40-38-36-34-32-30-28-26-18-16-14-12-10-8-6-4-2/h6,8,12,14-15,17-18,20-21,26,44,46H,3-5,7,9-11,13,16,19,22-25,27-43H2,1-2H3/b8-6-,14-12-,17-15-,21-20-,26-18-. The molecule has 1 N–H and O–H groups in total. The predicted molar refractivity (Wildman–Crippen MR) is 214 cm³/mol. The minimum absolute atomic E-state index is 0.182. The number of unbranched alkanes of at least 4 members (excludes halogenated alkanes) is 20. The van der Waals surface area contributed by atoms with Crippen molar-refractivity contribution in [2.75, 3.05) is 19.8 Å². The fourth-order valence-electron chi connectivity index (χ4n) is 5.72. The molecular formula is C45H80O4. The van der Waals surface area contributed by atoms with Crippen molar-refractivity contribution in [1.29, 1.82) is 0 Å². The lowest BCUT2D eigenvalue weighted by Crippen LogP contribution is -2.27. The first-order valence-electron chi connectivity index (χ1n) is 20.9. The molecule has 1 unspecified atom stereocenters. The van der Waals surface area contributed by atoms with E-state index in [-0.39, 0.29) is 19.2 Å². The van der Waals surface area contributed by atoms with Crippen LogP contribution in [0.3, 0.4) is 0 Å². The number of rotatable bonds is 38. The zero-order chi connectivity index (χ0) is 35.6. The van der Waals surface area contributed by atoms with Crippen molar-refractivity contribution in [3.05, 3.63) is 60.8 Å². The smallest absolute Gasteiger partial charge is 0.306 e. The van der Waals surface area contributed by atoms with Gasteiger partial charge in [-0.1, -0.05) is 171 Å². The van der Waals surface area contributed by atoms with E-state index in [1.807, 2.05) is 0 Å². The highest BCUT2D eigenvalue weighted by Crippen LogP contribution is 2.13. The number of carbonyl (C=O) groups is 1. The van der Waals surface area contributed by atoms with Gasteiger partial charge in [0.25, 0.3) is 0 Å². The molecule has 284 valence electrons. The van der Waals surface area contributed by atoms with Crippen LogP contribution in [0.5, 0.6) is 0 Å². The summed E-state index contributed by atoms with van der Waals surface area (Å²) in [5.41, 5.74) is 0.